The van der Waals surface area contributed by atoms with E-state index in [1.165, 1.54) is 26.4 Å². The summed E-state index contributed by atoms with van der Waals surface area (Å²) < 4.78 is 21.1. The second kappa shape index (κ2) is 10.3. The molecule has 0 spiro atoms. The van der Waals surface area contributed by atoms with E-state index in [0.29, 0.717) is 33.2 Å². The minimum absolute atomic E-state index is 0.199. The van der Waals surface area contributed by atoms with Crippen molar-refractivity contribution in [3.63, 3.8) is 0 Å². The number of carbonyl (C=O) groups excluding carboxylic acids is 2. The van der Waals surface area contributed by atoms with Crippen LogP contribution in [-0.2, 0) is 9.53 Å². The zero-order valence-electron chi connectivity index (χ0n) is 18.7. The fourth-order valence-electron chi connectivity index (χ4n) is 3.44. The number of amides is 1. The third-order valence-electron chi connectivity index (χ3n) is 5.15. The molecule has 4 aromatic rings. The van der Waals surface area contributed by atoms with Gasteiger partial charge in [-0.3, -0.25) is 4.79 Å². The molecule has 1 amide bonds. The lowest BCUT2D eigenvalue weighted by molar-refractivity contribution is -0.125. The predicted octanol–water partition coefficient (Wildman–Crippen LogP) is 5.00. The van der Waals surface area contributed by atoms with Crippen LogP contribution in [0.4, 0.5) is 5.69 Å². The van der Waals surface area contributed by atoms with Crippen LogP contribution in [0.15, 0.2) is 82.0 Å². The van der Waals surface area contributed by atoms with E-state index in [-0.39, 0.29) is 11.1 Å². The number of rotatable bonds is 7. The van der Waals surface area contributed by atoms with Crippen LogP contribution in [-0.4, -0.2) is 26.1 Å². The van der Waals surface area contributed by atoms with Crippen LogP contribution in [0.3, 0.4) is 0 Å². The van der Waals surface area contributed by atoms with Crippen molar-refractivity contribution in [2.24, 2.45) is 0 Å². The molecule has 1 aromatic heterocycles. The maximum absolute atomic E-state index is 13.1. The number of ether oxygens (including phenoxy) is 3. The second-order valence-electron chi connectivity index (χ2n) is 7.36. The average Bonchev–Trinajstić information content (AvgIpc) is 2.87. The van der Waals surface area contributed by atoms with E-state index in [9.17, 15) is 14.4 Å². The lowest BCUT2D eigenvalue weighted by atomic mass is 10.1. The van der Waals surface area contributed by atoms with Crippen molar-refractivity contribution in [1.29, 1.82) is 0 Å². The molecule has 0 aliphatic heterocycles. The third kappa shape index (κ3) is 5.12. The van der Waals surface area contributed by atoms with Crippen molar-refractivity contribution in [2.75, 3.05) is 19.5 Å². The Balaban J connectivity index is 1.65. The summed E-state index contributed by atoms with van der Waals surface area (Å²) in [7, 11) is 2.92. The Bertz CT molecular complexity index is 1450. The monoisotopic (exact) mass is 493 g/mol. The molecule has 1 atom stereocenters. The highest BCUT2D eigenvalue weighted by Crippen LogP contribution is 2.29. The van der Waals surface area contributed by atoms with Crippen molar-refractivity contribution in [3.8, 4) is 11.5 Å². The summed E-state index contributed by atoms with van der Waals surface area (Å²) in [6.07, 6.45) is -1.36. The lowest BCUT2D eigenvalue weighted by Crippen LogP contribution is -2.27. The molecule has 0 bridgehead atoms. The normalized spacial score (nSPS) is 11.5. The highest BCUT2D eigenvalue weighted by atomic mass is 35.5. The number of nitrogens with one attached hydrogen (secondary N) is 1. The molecule has 178 valence electrons. The zero-order chi connectivity index (χ0) is 24.9. The topological polar surface area (TPSA) is 104 Å². The van der Waals surface area contributed by atoms with Gasteiger partial charge in [-0.25, -0.2) is 9.59 Å². The molecule has 0 fully saturated rings. The Kier molecular flexibility index (Phi) is 7.03. The summed E-state index contributed by atoms with van der Waals surface area (Å²) in [5.74, 6) is -0.868. The summed E-state index contributed by atoms with van der Waals surface area (Å²) in [5.41, 5.74) is -0.293. The number of carbonyl (C=O) groups is 2. The van der Waals surface area contributed by atoms with Crippen LogP contribution < -0.4 is 20.4 Å². The molecule has 0 aliphatic carbocycles. The number of hydrogen-bond donors (Lipinski definition) is 1. The molecule has 0 aliphatic rings. The van der Waals surface area contributed by atoms with E-state index in [1.54, 1.807) is 60.7 Å². The molecule has 0 saturated heterocycles. The Morgan fingerprint density at radius 2 is 1.66 bits per heavy atom. The standard InChI is InChI=1S/C26H20ClNO7/c1-32-20-12-11-17(14-19(20)27)28-24(29)23(15-7-4-3-5-8-15)35-26(31)18-13-16-9-6-10-21(33-2)22(16)34-25(18)30/h3-14,23H,1-2H3,(H,28,29). The predicted molar refractivity (Wildman–Crippen MR) is 130 cm³/mol. The number of benzene rings is 3. The largest absolute Gasteiger partial charge is 0.495 e. The average molecular weight is 494 g/mol. The minimum Gasteiger partial charge on any atom is -0.495 e. The number of esters is 1. The van der Waals surface area contributed by atoms with Crippen LogP contribution in [0, 0.1) is 0 Å². The molecule has 9 heteroatoms. The number of halogens is 1. The molecule has 8 nitrogen and oxygen atoms in total. The Hall–Kier alpha value is -4.30. The van der Waals surface area contributed by atoms with E-state index < -0.39 is 23.6 Å². The first-order chi connectivity index (χ1) is 16.9. The maximum Gasteiger partial charge on any atom is 0.351 e. The maximum atomic E-state index is 13.1. The fourth-order valence-corrected chi connectivity index (χ4v) is 3.70. The van der Waals surface area contributed by atoms with E-state index in [1.807, 2.05) is 0 Å². The van der Waals surface area contributed by atoms with Gasteiger partial charge in [0.25, 0.3) is 5.91 Å². The van der Waals surface area contributed by atoms with Gasteiger partial charge in [0.1, 0.15) is 11.3 Å². The Morgan fingerprint density at radius 3 is 2.34 bits per heavy atom. The molecular formula is C26H20ClNO7. The summed E-state index contributed by atoms with van der Waals surface area (Å²) >= 11 is 6.14. The van der Waals surface area contributed by atoms with Crippen molar-refractivity contribution in [1.82, 2.24) is 0 Å². The van der Waals surface area contributed by atoms with Gasteiger partial charge in [-0.2, -0.15) is 0 Å². The Morgan fingerprint density at radius 1 is 0.914 bits per heavy atom. The third-order valence-corrected chi connectivity index (χ3v) is 5.44. The van der Waals surface area contributed by atoms with Crippen molar-refractivity contribution in [3.05, 3.63) is 99.4 Å². The molecule has 0 radical (unpaired) electrons. The highest BCUT2D eigenvalue weighted by molar-refractivity contribution is 6.32. The quantitative estimate of drug-likeness (QED) is 0.285. The highest BCUT2D eigenvalue weighted by Gasteiger charge is 2.28. The van der Waals surface area contributed by atoms with Gasteiger partial charge in [0.15, 0.2) is 11.3 Å². The number of methoxy groups -OCH3 is 2. The zero-order valence-corrected chi connectivity index (χ0v) is 19.5. The van der Waals surface area contributed by atoms with Gasteiger partial charge >= 0.3 is 11.6 Å². The molecular weight excluding hydrogens is 474 g/mol. The summed E-state index contributed by atoms with van der Waals surface area (Å²) in [5, 5.41) is 3.43. The van der Waals surface area contributed by atoms with Crippen LogP contribution in [0.25, 0.3) is 11.0 Å². The van der Waals surface area contributed by atoms with Gasteiger partial charge < -0.3 is 23.9 Å². The molecule has 1 heterocycles. The summed E-state index contributed by atoms with van der Waals surface area (Å²) in [6.45, 7) is 0. The van der Waals surface area contributed by atoms with Crippen LogP contribution in [0.5, 0.6) is 11.5 Å². The van der Waals surface area contributed by atoms with Gasteiger partial charge in [0.2, 0.25) is 6.10 Å². The molecule has 3 aromatic carbocycles. The number of fused-ring (bicyclic) bond motifs is 1. The SMILES string of the molecule is COc1ccc(NC(=O)C(OC(=O)c2cc3cccc(OC)c3oc2=O)c2ccccc2)cc1Cl. The van der Waals surface area contributed by atoms with Gasteiger partial charge in [-0.15, -0.1) is 0 Å². The van der Waals surface area contributed by atoms with Crippen molar-refractivity contribution < 1.29 is 28.2 Å². The first kappa shape index (κ1) is 23.8. The molecule has 1 unspecified atom stereocenters. The van der Waals surface area contributed by atoms with Gasteiger partial charge in [-0.05, 0) is 30.3 Å². The van der Waals surface area contributed by atoms with Crippen LogP contribution >= 0.6 is 11.6 Å². The number of hydrogen-bond acceptors (Lipinski definition) is 7. The molecule has 0 saturated carbocycles. The van der Waals surface area contributed by atoms with Crippen LogP contribution in [0.2, 0.25) is 5.02 Å². The molecule has 1 N–H and O–H groups in total. The van der Waals surface area contributed by atoms with Gasteiger partial charge in [0, 0.05) is 16.6 Å². The fraction of sp³-hybridized carbons (Fsp3) is 0.115. The number of anilines is 1. The second-order valence-corrected chi connectivity index (χ2v) is 7.77. The van der Waals surface area contributed by atoms with Crippen molar-refractivity contribution in [2.45, 2.75) is 6.10 Å². The summed E-state index contributed by atoms with van der Waals surface area (Å²) in [6, 6.07) is 19.4. The summed E-state index contributed by atoms with van der Waals surface area (Å²) in [4.78, 5) is 38.7. The van der Waals surface area contributed by atoms with E-state index >= 15 is 0 Å². The van der Waals surface area contributed by atoms with Gasteiger partial charge in [0.05, 0.1) is 19.2 Å². The van der Waals surface area contributed by atoms with Crippen molar-refractivity contribution >= 4 is 40.1 Å². The van der Waals surface area contributed by atoms with E-state index in [4.69, 9.17) is 30.2 Å². The smallest absolute Gasteiger partial charge is 0.351 e. The molecule has 4 rings (SSSR count). The van der Waals surface area contributed by atoms with Gasteiger partial charge in [-0.1, -0.05) is 54.1 Å². The molecule has 35 heavy (non-hydrogen) atoms. The van der Waals surface area contributed by atoms with Crippen LogP contribution in [0.1, 0.15) is 22.0 Å². The first-order valence-corrected chi connectivity index (χ1v) is 10.8. The van der Waals surface area contributed by atoms with E-state index in [2.05, 4.69) is 5.32 Å². The number of para-hydroxylation sites is 1. The Labute approximate surface area is 205 Å². The lowest BCUT2D eigenvalue weighted by Gasteiger charge is -2.18. The minimum atomic E-state index is -1.36. The van der Waals surface area contributed by atoms with E-state index in [0.717, 1.165) is 0 Å². The first-order valence-electron chi connectivity index (χ1n) is 10.4.